The number of methoxy groups -OCH3 is 2. The highest BCUT2D eigenvalue weighted by Gasteiger charge is 2.34. The van der Waals surface area contributed by atoms with E-state index in [1.54, 1.807) is 36.4 Å². The average Bonchev–Trinajstić information content (AvgIpc) is 2.46. The Bertz CT molecular complexity index is 586. The van der Waals surface area contributed by atoms with Crippen LogP contribution < -0.4 is 9.47 Å². The summed E-state index contributed by atoms with van der Waals surface area (Å²) in [7, 11) is 2.99. The van der Waals surface area contributed by atoms with E-state index in [9.17, 15) is 9.50 Å². The number of hydrogen-bond acceptors (Lipinski definition) is 3. The van der Waals surface area contributed by atoms with E-state index in [1.807, 2.05) is 0 Å². The summed E-state index contributed by atoms with van der Waals surface area (Å²) in [4.78, 5) is 0. The maximum Gasteiger partial charge on any atom is 0.129 e. The number of aliphatic hydroxyl groups is 1. The van der Waals surface area contributed by atoms with E-state index >= 15 is 0 Å². The van der Waals surface area contributed by atoms with Gasteiger partial charge in [0.15, 0.2) is 0 Å². The zero-order chi connectivity index (χ0) is 14.8. The minimum absolute atomic E-state index is 0.169. The second-order valence-electron chi connectivity index (χ2n) is 4.59. The van der Waals surface area contributed by atoms with Gasteiger partial charge in [-0.1, -0.05) is 24.3 Å². The minimum atomic E-state index is -1.57. The summed E-state index contributed by atoms with van der Waals surface area (Å²) in [6, 6.07) is 11.3. The van der Waals surface area contributed by atoms with Crippen molar-refractivity contribution in [3.63, 3.8) is 0 Å². The molecular weight excluding hydrogens is 259 g/mol. The van der Waals surface area contributed by atoms with Crippen LogP contribution in [0.5, 0.6) is 11.5 Å². The Labute approximate surface area is 117 Å². The topological polar surface area (TPSA) is 38.7 Å². The molecule has 0 spiro atoms. The number of ether oxygens (including phenoxy) is 2. The van der Waals surface area contributed by atoms with Crippen molar-refractivity contribution >= 4 is 0 Å². The summed E-state index contributed by atoms with van der Waals surface area (Å²) < 4.78 is 24.5. The first-order valence-electron chi connectivity index (χ1n) is 6.21. The van der Waals surface area contributed by atoms with Gasteiger partial charge < -0.3 is 14.6 Å². The molecule has 1 N–H and O–H groups in total. The molecular formula is C16H17FO3. The molecule has 3 nitrogen and oxygen atoms in total. The molecule has 20 heavy (non-hydrogen) atoms. The molecule has 2 aromatic carbocycles. The van der Waals surface area contributed by atoms with Gasteiger partial charge in [0, 0.05) is 5.56 Å². The standard InChI is InChI=1S/C16H17FO3/c1-16(18,11-7-4-5-8-12(11)17)15-13(19-2)9-6-10-14(15)20-3/h4-10,18H,1-3H3. The molecule has 4 heteroatoms. The van der Waals surface area contributed by atoms with Gasteiger partial charge >= 0.3 is 0 Å². The maximum absolute atomic E-state index is 14.0. The van der Waals surface area contributed by atoms with Crippen LogP contribution in [0, 0.1) is 5.82 Å². The average molecular weight is 276 g/mol. The summed E-state index contributed by atoms with van der Waals surface area (Å²) in [6.45, 7) is 1.52. The summed E-state index contributed by atoms with van der Waals surface area (Å²) in [5.41, 5.74) is -0.999. The van der Waals surface area contributed by atoms with Crippen molar-refractivity contribution in [1.82, 2.24) is 0 Å². The lowest BCUT2D eigenvalue weighted by molar-refractivity contribution is 0.0915. The zero-order valence-corrected chi connectivity index (χ0v) is 11.7. The van der Waals surface area contributed by atoms with E-state index in [0.29, 0.717) is 17.1 Å². The molecule has 0 aromatic heterocycles. The SMILES string of the molecule is COc1cccc(OC)c1C(C)(O)c1ccccc1F. The fourth-order valence-corrected chi connectivity index (χ4v) is 2.32. The second-order valence-corrected chi connectivity index (χ2v) is 4.59. The van der Waals surface area contributed by atoms with Crippen molar-refractivity contribution in [3.05, 3.63) is 59.4 Å². The van der Waals surface area contributed by atoms with E-state index in [0.717, 1.165) is 0 Å². The highest BCUT2D eigenvalue weighted by Crippen LogP contribution is 2.42. The molecule has 0 aliphatic heterocycles. The van der Waals surface area contributed by atoms with Crippen molar-refractivity contribution in [2.45, 2.75) is 12.5 Å². The van der Waals surface area contributed by atoms with Crippen molar-refractivity contribution in [3.8, 4) is 11.5 Å². The van der Waals surface area contributed by atoms with E-state index < -0.39 is 11.4 Å². The second kappa shape index (κ2) is 5.51. The summed E-state index contributed by atoms with van der Waals surface area (Å²) in [5, 5.41) is 10.9. The highest BCUT2D eigenvalue weighted by atomic mass is 19.1. The van der Waals surface area contributed by atoms with Crippen LogP contribution in [0.15, 0.2) is 42.5 Å². The molecule has 0 aliphatic carbocycles. The molecule has 2 aromatic rings. The Morgan fingerprint density at radius 3 is 2.00 bits per heavy atom. The molecule has 0 radical (unpaired) electrons. The van der Waals surface area contributed by atoms with Crippen molar-refractivity contribution < 1.29 is 19.0 Å². The largest absolute Gasteiger partial charge is 0.496 e. The molecule has 106 valence electrons. The normalized spacial score (nSPS) is 13.7. The molecule has 2 rings (SSSR count). The van der Waals surface area contributed by atoms with Crippen LogP contribution in [0.3, 0.4) is 0 Å². The lowest BCUT2D eigenvalue weighted by Crippen LogP contribution is -2.25. The first-order valence-corrected chi connectivity index (χ1v) is 6.21. The molecule has 0 bridgehead atoms. The molecule has 0 fully saturated rings. The maximum atomic E-state index is 14.0. The molecule has 0 aliphatic rings. The molecule has 0 saturated heterocycles. The van der Waals surface area contributed by atoms with Gasteiger partial charge in [-0.15, -0.1) is 0 Å². The Kier molecular flexibility index (Phi) is 3.95. The van der Waals surface area contributed by atoms with Gasteiger partial charge in [-0.3, -0.25) is 0 Å². The first-order chi connectivity index (χ1) is 9.52. The summed E-state index contributed by atoms with van der Waals surface area (Å²) >= 11 is 0. The Morgan fingerprint density at radius 1 is 0.950 bits per heavy atom. The van der Waals surface area contributed by atoms with Gasteiger partial charge in [-0.05, 0) is 25.1 Å². The molecule has 0 amide bonds. The van der Waals surface area contributed by atoms with E-state index in [2.05, 4.69) is 0 Å². The van der Waals surface area contributed by atoms with Gasteiger partial charge in [0.25, 0.3) is 0 Å². The predicted octanol–water partition coefficient (Wildman–Crippen LogP) is 3.10. The van der Waals surface area contributed by atoms with Crippen LogP contribution in [0.4, 0.5) is 4.39 Å². The van der Waals surface area contributed by atoms with E-state index in [1.165, 1.54) is 27.2 Å². The fraction of sp³-hybridized carbons (Fsp3) is 0.250. The summed E-state index contributed by atoms with van der Waals surface area (Å²) in [5.74, 6) is 0.403. The first kappa shape index (κ1) is 14.3. The quantitative estimate of drug-likeness (QED) is 0.932. The van der Waals surface area contributed by atoms with Gasteiger partial charge in [0.05, 0.1) is 19.8 Å². The van der Waals surface area contributed by atoms with Crippen LogP contribution in [0.1, 0.15) is 18.1 Å². The lowest BCUT2D eigenvalue weighted by atomic mass is 9.86. The smallest absolute Gasteiger partial charge is 0.129 e. The number of halogens is 1. The van der Waals surface area contributed by atoms with E-state index in [4.69, 9.17) is 9.47 Å². The van der Waals surface area contributed by atoms with Gasteiger partial charge in [-0.2, -0.15) is 0 Å². The van der Waals surface area contributed by atoms with E-state index in [-0.39, 0.29) is 5.56 Å². The minimum Gasteiger partial charge on any atom is -0.496 e. The number of rotatable bonds is 4. The number of benzene rings is 2. The van der Waals surface area contributed by atoms with Crippen LogP contribution in [-0.2, 0) is 5.60 Å². The van der Waals surface area contributed by atoms with Gasteiger partial charge in [0.2, 0.25) is 0 Å². The fourth-order valence-electron chi connectivity index (χ4n) is 2.32. The number of hydrogen-bond donors (Lipinski definition) is 1. The lowest BCUT2D eigenvalue weighted by Gasteiger charge is -2.28. The third kappa shape index (κ3) is 2.34. The zero-order valence-electron chi connectivity index (χ0n) is 11.7. The van der Waals surface area contributed by atoms with Crippen LogP contribution in [-0.4, -0.2) is 19.3 Å². The Morgan fingerprint density at radius 2 is 1.50 bits per heavy atom. The molecule has 1 unspecified atom stereocenters. The van der Waals surface area contributed by atoms with Crippen molar-refractivity contribution in [1.29, 1.82) is 0 Å². The predicted molar refractivity (Wildman–Crippen MR) is 74.6 cm³/mol. The van der Waals surface area contributed by atoms with Crippen molar-refractivity contribution in [2.24, 2.45) is 0 Å². The third-order valence-corrected chi connectivity index (χ3v) is 3.31. The van der Waals surface area contributed by atoms with Crippen LogP contribution in [0.2, 0.25) is 0 Å². The van der Waals surface area contributed by atoms with Crippen molar-refractivity contribution in [2.75, 3.05) is 14.2 Å². The Balaban J connectivity index is 2.68. The molecule has 0 saturated carbocycles. The molecule has 1 atom stereocenters. The van der Waals surface area contributed by atoms with Crippen LogP contribution in [0.25, 0.3) is 0 Å². The summed E-state index contributed by atoms with van der Waals surface area (Å²) in [6.07, 6.45) is 0. The molecule has 0 heterocycles. The van der Waals surface area contributed by atoms with Gasteiger partial charge in [-0.25, -0.2) is 4.39 Å². The highest BCUT2D eigenvalue weighted by molar-refractivity contribution is 5.52. The monoisotopic (exact) mass is 276 g/mol. The van der Waals surface area contributed by atoms with Crippen LogP contribution >= 0.6 is 0 Å². The Hall–Kier alpha value is -2.07. The van der Waals surface area contributed by atoms with Gasteiger partial charge in [0.1, 0.15) is 22.9 Å². The third-order valence-electron chi connectivity index (χ3n) is 3.31.